The Bertz CT molecular complexity index is 1230. The SMILES string of the molecule is Cc1nc2ccccc2c2sc(C(=S)OC3CCCCC3)c(OC(=O)NCCCCCC#N)c12. The lowest BCUT2D eigenvalue weighted by molar-refractivity contribution is 0.148. The number of aryl methyl sites for hydroxylation is 1. The fraction of sp³-hybridized carbons (Fsp3) is 0.462. The van der Waals surface area contributed by atoms with Crippen molar-refractivity contribution in [2.75, 3.05) is 6.54 Å². The molecule has 178 valence electrons. The van der Waals surface area contributed by atoms with Crippen molar-refractivity contribution in [1.82, 2.24) is 10.3 Å². The van der Waals surface area contributed by atoms with Gasteiger partial charge in [-0.25, -0.2) is 4.79 Å². The Morgan fingerprint density at radius 3 is 2.82 bits per heavy atom. The minimum atomic E-state index is -0.519. The van der Waals surface area contributed by atoms with E-state index >= 15 is 0 Å². The van der Waals surface area contributed by atoms with E-state index in [9.17, 15) is 4.79 Å². The van der Waals surface area contributed by atoms with Gasteiger partial charge in [0.05, 0.1) is 33.5 Å². The first kappa shape index (κ1) is 24.4. The number of carbonyl (C=O) groups is 1. The highest BCUT2D eigenvalue weighted by atomic mass is 32.1. The number of hydrogen-bond acceptors (Lipinski definition) is 7. The van der Waals surface area contributed by atoms with E-state index in [1.54, 1.807) is 0 Å². The van der Waals surface area contributed by atoms with Gasteiger partial charge >= 0.3 is 6.09 Å². The highest BCUT2D eigenvalue weighted by Crippen LogP contribution is 2.43. The number of fused-ring (bicyclic) bond motifs is 3. The molecule has 0 bridgehead atoms. The molecule has 2 heterocycles. The Kier molecular flexibility index (Phi) is 8.30. The fourth-order valence-electron chi connectivity index (χ4n) is 4.38. The number of amides is 1. The molecule has 2 aromatic heterocycles. The summed E-state index contributed by atoms with van der Waals surface area (Å²) in [4.78, 5) is 18.1. The second-order valence-electron chi connectivity index (χ2n) is 8.63. The lowest BCUT2D eigenvalue weighted by Gasteiger charge is -2.23. The van der Waals surface area contributed by atoms with Gasteiger partial charge in [0, 0.05) is 18.4 Å². The van der Waals surface area contributed by atoms with Crippen LogP contribution in [-0.2, 0) is 4.74 Å². The van der Waals surface area contributed by atoms with Gasteiger partial charge in [-0.3, -0.25) is 4.98 Å². The first-order chi connectivity index (χ1) is 16.6. The average Bonchev–Trinajstić information content (AvgIpc) is 3.22. The summed E-state index contributed by atoms with van der Waals surface area (Å²) in [5, 5.41) is 13.7. The number of rotatable bonds is 8. The van der Waals surface area contributed by atoms with Crippen molar-refractivity contribution in [3.05, 3.63) is 34.8 Å². The standard InChI is InChI=1S/C26H29N3O3S2/c1-17-21-22(32-26(30)28-16-10-3-2-9-15-27)24(25(33)31-18-11-5-4-6-12-18)34-23(21)19-13-7-8-14-20(19)29-17/h7-8,13-14,18H,2-6,9-12,16H2,1H3,(H,28,30). The van der Waals surface area contributed by atoms with Gasteiger partial charge in [0.2, 0.25) is 5.05 Å². The minimum Gasteiger partial charge on any atom is -0.479 e. The summed E-state index contributed by atoms with van der Waals surface area (Å²) in [6.45, 7) is 2.42. The molecule has 8 heteroatoms. The molecule has 1 aliphatic carbocycles. The third-order valence-electron chi connectivity index (χ3n) is 6.10. The van der Waals surface area contributed by atoms with Crippen molar-refractivity contribution in [1.29, 1.82) is 5.26 Å². The van der Waals surface area contributed by atoms with Crippen molar-refractivity contribution in [2.45, 2.75) is 70.8 Å². The Morgan fingerprint density at radius 1 is 1.24 bits per heavy atom. The van der Waals surface area contributed by atoms with Crippen LogP contribution in [-0.4, -0.2) is 28.8 Å². The number of carbonyl (C=O) groups excluding carboxylic acids is 1. The van der Waals surface area contributed by atoms with Crippen molar-refractivity contribution in [3.8, 4) is 11.8 Å². The molecular formula is C26H29N3O3S2. The van der Waals surface area contributed by atoms with Gasteiger partial charge < -0.3 is 14.8 Å². The summed E-state index contributed by atoms with van der Waals surface area (Å²) >= 11 is 7.23. The van der Waals surface area contributed by atoms with Crippen LogP contribution in [0, 0.1) is 18.3 Å². The normalized spacial score (nSPS) is 14.1. The van der Waals surface area contributed by atoms with Gasteiger partial charge in [-0.15, -0.1) is 11.3 Å². The number of nitriles is 1. The van der Waals surface area contributed by atoms with Crippen LogP contribution >= 0.6 is 23.6 Å². The predicted octanol–water partition coefficient (Wildman–Crippen LogP) is 6.96. The summed E-state index contributed by atoms with van der Waals surface area (Å²) in [5.41, 5.74) is 1.68. The Labute approximate surface area is 209 Å². The maximum atomic E-state index is 12.7. The molecule has 4 rings (SSSR count). The van der Waals surface area contributed by atoms with Crippen LogP contribution in [0.2, 0.25) is 0 Å². The van der Waals surface area contributed by atoms with Crippen molar-refractivity contribution < 1.29 is 14.3 Å². The topological polar surface area (TPSA) is 84.2 Å². The molecule has 1 amide bonds. The highest BCUT2D eigenvalue weighted by Gasteiger charge is 2.26. The quantitative estimate of drug-likeness (QED) is 0.269. The van der Waals surface area contributed by atoms with Crippen LogP contribution in [0.3, 0.4) is 0 Å². The van der Waals surface area contributed by atoms with Gasteiger partial charge in [-0.2, -0.15) is 5.26 Å². The molecule has 0 unspecified atom stereocenters. The average molecular weight is 496 g/mol. The first-order valence-corrected chi connectivity index (χ1v) is 13.2. The Hall–Kier alpha value is -2.76. The van der Waals surface area contributed by atoms with E-state index in [1.807, 2.05) is 31.2 Å². The second kappa shape index (κ2) is 11.6. The highest BCUT2D eigenvalue weighted by molar-refractivity contribution is 7.81. The molecule has 1 aromatic carbocycles. The molecule has 1 aliphatic rings. The molecule has 34 heavy (non-hydrogen) atoms. The lowest BCUT2D eigenvalue weighted by atomic mass is 9.98. The summed E-state index contributed by atoms with van der Waals surface area (Å²) < 4.78 is 13.1. The smallest absolute Gasteiger partial charge is 0.412 e. The van der Waals surface area contributed by atoms with Crippen LogP contribution < -0.4 is 10.1 Å². The largest absolute Gasteiger partial charge is 0.479 e. The number of aromatic nitrogens is 1. The summed E-state index contributed by atoms with van der Waals surface area (Å²) in [5.74, 6) is 0.429. The van der Waals surface area contributed by atoms with E-state index in [-0.39, 0.29) is 6.10 Å². The molecule has 1 fully saturated rings. The maximum absolute atomic E-state index is 12.7. The third kappa shape index (κ3) is 5.65. The van der Waals surface area contributed by atoms with E-state index < -0.39 is 6.09 Å². The zero-order chi connectivity index (χ0) is 23.9. The monoisotopic (exact) mass is 495 g/mol. The van der Waals surface area contributed by atoms with Crippen LogP contribution in [0.25, 0.3) is 21.0 Å². The third-order valence-corrected chi connectivity index (χ3v) is 7.74. The molecule has 1 N–H and O–H groups in total. The van der Waals surface area contributed by atoms with E-state index in [0.29, 0.717) is 28.6 Å². The molecule has 0 atom stereocenters. The zero-order valence-electron chi connectivity index (χ0n) is 19.4. The van der Waals surface area contributed by atoms with Gasteiger partial charge in [0.15, 0.2) is 5.75 Å². The maximum Gasteiger partial charge on any atom is 0.412 e. The van der Waals surface area contributed by atoms with Gasteiger partial charge in [-0.1, -0.05) is 31.0 Å². The van der Waals surface area contributed by atoms with Crippen molar-refractivity contribution >= 4 is 55.7 Å². The van der Waals surface area contributed by atoms with Crippen LogP contribution in [0.15, 0.2) is 24.3 Å². The number of thiophene rings is 1. The van der Waals surface area contributed by atoms with E-state index in [2.05, 4.69) is 11.4 Å². The number of hydrogen-bond donors (Lipinski definition) is 1. The Morgan fingerprint density at radius 2 is 2.03 bits per heavy atom. The lowest BCUT2D eigenvalue weighted by Crippen LogP contribution is -2.28. The van der Waals surface area contributed by atoms with E-state index in [4.69, 9.17) is 31.9 Å². The number of nitrogens with one attached hydrogen (secondary N) is 1. The molecule has 0 aliphatic heterocycles. The van der Waals surface area contributed by atoms with Crippen LogP contribution in [0.5, 0.6) is 5.75 Å². The first-order valence-electron chi connectivity index (χ1n) is 11.9. The summed E-state index contributed by atoms with van der Waals surface area (Å²) in [7, 11) is 0. The number of pyridine rings is 1. The van der Waals surface area contributed by atoms with Crippen molar-refractivity contribution in [2.24, 2.45) is 0 Å². The number of thiocarbonyl (C=S) groups is 1. The van der Waals surface area contributed by atoms with Crippen molar-refractivity contribution in [3.63, 3.8) is 0 Å². The summed E-state index contributed by atoms with van der Waals surface area (Å²) in [6, 6.07) is 10.1. The van der Waals surface area contributed by atoms with E-state index in [1.165, 1.54) is 17.8 Å². The molecular weight excluding hydrogens is 466 g/mol. The molecule has 0 saturated heterocycles. The van der Waals surface area contributed by atoms with Gasteiger partial charge in [0.1, 0.15) is 4.88 Å². The molecule has 1 saturated carbocycles. The molecule has 6 nitrogen and oxygen atoms in total. The number of para-hydroxylation sites is 1. The molecule has 0 radical (unpaired) electrons. The molecule has 0 spiro atoms. The number of unbranched alkanes of at least 4 members (excludes halogenated alkanes) is 3. The summed E-state index contributed by atoms with van der Waals surface area (Å²) in [6.07, 6.45) is 8.15. The Balaban J connectivity index is 1.61. The van der Waals surface area contributed by atoms with Crippen LogP contribution in [0.1, 0.15) is 68.4 Å². The predicted molar refractivity (Wildman–Crippen MR) is 140 cm³/mol. The fourth-order valence-corrected chi connectivity index (χ4v) is 5.93. The molecule has 3 aromatic rings. The second-order valence-corrected chi connectivity index (χ2v) is 10.0. The number of ether oxygens (including phenoxy) is 2. The van der Waals surface area contributed by atoms with E-state index in [0.717, 1.165) is 71.6 Å². The minimum absolute atomic E-state index is 0.109. The number of nitrogens with zero attached hydrogens (tertiary/aromatic N) is 2. The zero-order valence-corrected chi connectivity index (χ0v) is 21.0. The van der Waals surface area contributed by atoms with Crippen LogP contribution in [0.4, 0.5) is 4.79 Å². The number of benzene rings is 1. The van der Waals surface area contributed by atoms with Gasteiger partial charge in [-0.05, 0) is 63.7 Å². The van der Waals surface area contributed by atoms with Gasteiger partial charge in [0.25, 0.3) is 0 Å².